The second-order valence-electron chi connectivity index (χ2n) is 5.67. The number of imidazole rings is 1. The van der Waals surface area contributed by atoms with Gasteiger partial charge in [0, 0.05) is 18.4 Å². The van der Waals surface area contributed by atoms with E-state index in [1.165, 1.54) is 42.5 Å². The number of aromatic nitrogens is 2. The zero-order chi connectivity index (χ0) is 13.9. The summed E-state index contributed by atoms with van der Waals surface area (Å²) in [4.78, 5) is 4.63. The summed E-state index contributed by atoms with van der Waals surface area (Å²) < 4.78 is 2.22. The van der Waals surface area contributed by atoms with Crippen molar-refractivity contribution in [3.05, 3.63) is 41.2 Å². The van der Waals surface area contributed by atoms with E-state index in [9.17, 15) is 0 Å². The summed E-state index contributed by atoms with van der Waals surface area (Å²) in [5.41, 5.74) is 5.31. The molecular formula is C17H23N3. The van der Waals surface area contributed by atoms with Gasteiger partial charge >= 0.3 is 0 Å². The van der Waals surface area contributed by atoms with Crippen molar-refractivity contribution in [2.75, 3.05) is 5.32 Å². The van der Waals surface area contributed by atoms with Gasteiger partial charge in [-0.2, -0.15) is 0 Å². The predicted molar refractivity (Wildman–Crippen MR) is 83.6 cm³/mol. The van der Waals surface area contributed by atoms with E-state index in [-0.39, 0.29) is 0 Å². The summed E-state index contributed by atoms with van der Waals surface area (Å²) in [6.45, 7) is 5.26. The zero-order valence-electron chi connectivity index (χ0n) is 12.4. The van der Waals surface area contributed by atoms with Crippen LogP contribution in [-0.2, 0) is 19.4 Å². The Kier molecular flexibility index (Phi) is 3.77. The zero-order valence-corrected chi connectivity index (χ0v) is 12.4. The van der Waals surface area contributed by atoms with E-state index in [2.05, 4.69) is 53.1 Å². The lowest BCUT2D eigenvalue weighted by molar-refractivity contribution is 0.680. The number of hydrogen-bond acceptors (Lipinski definition) is 2. The average Bonchev–Trinajstić information content (AvgIpc) is 2.80. The topological polar surface area (TPSA) is 29.9 Å². The summed E-state index contributed by atoms with van der Waals surface area (Å²) in [5.74, 6) is 0.975. The van der Waals surface area contributed by atoms with Gasteiger partial charge in [-0.25, -0.2) is 4.98 Å². The minimum atomic E-state index is 0.975. The van der Waals surface area contributed by atoms with Gasteiger partial charge in [-0.1, -0.05) is 19.1 Å². The largest absolute Gasteiger partial charge is 0.325 e. The van der Waals surface area contributed by atoms with Crippen LogP contribution in [0.25, 0.3) is 0 Å². The van der Waals surface area contributed by atoms with Crippen LogP contribution < -0.4 is 5.32 Å². The van der Waals surface area contributed by atoms with Crippen LogP contribution in [0, 0.1) is 6.92 Å². The first-order valence-corrected chi connectivity index (χ1v) is 7.69. The van der Waals surface area contributed by atoms with E-state index in [4.69, 9.17) is 0 Å². The summed E-state index contributed by atoms with van der Waals surface area (Å²) in [7, 11) is 0. The van der Waals surface area contributed by atoms with E-state index in [0.717, 1.165) is 24.6 Å². The van der Waals surface area contributed by atoms with Crippen LogP contribution in [-0.4, -0.2) is 9.55 Å². The van der Waals surface area contributed by atoms with Crippen molar-refractivity contribution in [2.24, 2.45) is 0 Å². The second-order valence-corrected chi connectivity index (χ2v) is 5.67. The molecule has 2 aromatic rings. The van der Waals surface area contributed by atoms with Crippen molar-refractivity contribution < 1.29 is 0 Å². The third kappa shape index (κ3) is 2.58. The highest BCUT2D eigenvalue weighted by Crippen LogP contribution is 2.29. The van der Waals surface area contributed by atoms with Gasteiger partial charge < -0.3 is 9.88 Å². The van der Waals surface area contributed by atoms with Crippen LogP contribution in [0.3, 0.4) is 0 Å². The van der Waals surface area contributed by atoms with E-state index in [0.29, 0.717) is 0 Å². The average molecular weight is 269 g/mol. The normalized spacial score (nSPS) is 14.1. The Labute approximate surface area is 121 Å². The molecule has 0 saturated heterocycles. The lowest BCUT2D eigenvalue weighted by Gasteiger charge is -2.20. The van der Waals surface area contributed by atoms with E-state index in [1.807, 2.05) is 0 Å². The van der Waals surface area contributed by atoms with Gasteiger partial charge in [0.25, 0.3) is 0 Å². The fraction of sp³-hybridized carbons (Fsp3) is 0.471. The summed E-state index contributed by atoms with van der Waals surface area (Å²) in [6, 6.07) is 6.61. The van der Waals surface area contributed by atoms with Crippen molar-refractivity contribution >= 4 is 11.6 Å². The third-order valence-electron chi connectivity index (χ3n) is 4.00. The molecule has 0 amide bonds. The molecule has 3 rings (SSSR count). The predicted octanol–water partition coefficient (Wildman–Crippen LogP) is 4.22. The van der Waals surface area contributed by atoms with Crippen LogP contribution in [0.15, 0.2) is 24.4 Å². The Hall–Kier alpha value is -1.77. The monoisotopic (exact) mass is 269 g/mol. The van der Waals surface area contributed by atoms with Crippen LogP contribution in [0.1, 0.15) is 43.0 Å². The van der Waals surface area contributed by atoms with Crippen LogP contribution in [0.4, 0.5) is 11.6 Å². The Bertz CT molecular complexity index is 598. The maximum Gasteiger partial charge on any atom is 0.207 e. The molecule has 0 saturated carbocycles. The Morgan fingerprint density at radius 3 is 2.95 bits per heavy atom. The van der Waals surface area contributed by atoms with E-state index in [1.54, 1.807) is 0 Å². The summed E-state index contributed by atoms with van der Waals surface area (Å²) >= 11 is 0. The maximum atomic E-state index is 4.63. The Morgan fingerprint density at radius 2 is 2.10 bits per heavy atom. The minimum Gasteiger partial charge on any atom is -0.325 e. The molecule has 20 heavy (non-hydrogen) atoms. The molecule has 1 aromatic carbocycles. The smallest absolute Gasteiger partial charge is 0.207 e. The molecule has 0 spiro atoms. The molecule has 1 N–H and O–H groups in total. The Balaban J connectivity index is 1.91. The molecule has 1 aromatic heterocycles. The molecule has 1 aliphatic rings. The molecule has 0 bridgehead atoms. The lowest BCUT2D eigenvalue weighted by Crippen LogP contribution is -2.08. The van der Waals surface area contributed by atoms with Gasteiger partial charge in [0.2, 0.25) is 5.95 Å². The second kappa shape index (κ2) is 5.70. The van der Waals surface area contributed by atoms with Gasteiger partial charge in [0.05, 0.1) is 5.69 Å². The summed E-state index contributed by atoms with van der Waals surface area (Å²) in [6.07, 6.45) is 8.27. The molecule has 1 aliphatic carbocycles. The van der Waals surface area contributed by atoms with Gasteiger partial charge in [-0.15, -0.1) is 0 Å². The standard InChI is InChI=1S/C17H23N3/c1-3-11-20-12-13(2)18-17(20)19-16-10-6-8-14-7-4-5-9-15(14)16/h6,8,10,12H,3-5,7,9,11H2,1-2H3,(H,18,19). The molecule has 3 nitrogen and oxygen atoms in total. The number of nitrogens with one attached hydrogen (secondary N) is 1. The number of rotatable bonds is 4. The molecule has 3 heteroatoms. The van der Waals surface area contributed by atoms with Crippen molar-refractivity contribution in [1.29, 1.82) is 0 Å². The molecule has 0 aliphatic heterocycles. The van der Waals surface area contributed by atoms with Crippen LogP contribution in [0.5, 0.6) is 0 Å². The highest BCUT2D eigenvalue weighted by atomic mass is 15.2. The van der Waals surface area contributed by atoms with E-state index >= 15 is 0 Å². The number of nitrogens with zero attached hydrogens (tertiary/aromatic N) is 2. The molecule has 0 radical (unpaired) electrons. The van der Waals surface area contributed by atoms with E-state index < -0.39 is 0 Å². The number of benzene rings is 1. The molecule has 1 heterocycles. The summed E-state index contributed by atoms with van der Waals surface area (Å²) in [5, 5.41) is 3.56. The number of aryl methyl sites for hydroxylation is 3. The maximum absolute atomic E-state index is 4.63. The molecular weight excluding hydrogens is 246 g/mol. The highest BCUT2D eigenvalue weighted by Gasteiger charge is 2.14. The fourth-order valence-electron chi connectivity index (χ4n) is 3.08. The molecule has 106 valence electrons. The molecule has 0 unspecified atom stereocenters. The minimum absolute atomic E-state index is 0.975. The number of anilines is 2. The van der Waals surface area contributed by atoms with Crippen molar-refractivity contribution in [2.45, 2.75) is 52.5 Å². The van der Waals surface area contributed by atoms with Gasteiger partial charge in [-0.3, -0.25) is 0 Å². The van der Waals surface area contributed by atoms with Gasteiger partial charge in [-0.05, 0) is 56.2 Å². The quantitative estimate of drug-likeness (QED) is 0.900. The van der Waals surface area contributed by atoms with Crippen molar-refractivity contribution in [3.63, 3.8) is 0 Å². The fourth-order valence-corrected chi connectivity index (χ4v) is 3.08. The molecule has 0 fully saturated rings. The lowest BCUT2D eigenvalue weighted by atomic mass is 9.90. The van der Waals surface area contributed by atoms with Crippen LogP contribution >= 0.6 is 0 Å². The van der Waals surface area contributed by atoms with Gasteiger partial charge in [0.15, 0.2) is 0 Å². The first kappa shape index (κ1) is 13.2. The Morgan fingerprint density at radius 1 is 1.25 bits per heavy atom. The first-order chi connectivity index (χ1) is 9.78. The van der Waals surface area contributed by atoms with Crippen LogP contribution in [0.2, 0.25) is 0 Å². The number of hydrogen-bond donors (Lipinski definition) is 1. The van der Waals surface area contributed by atoms with Crippen molar-refractivity contribution in [1.82, 2.24) is 9.55 Å². The van der Waals surface area contributed by atoms with Gasteiger partial charge in [0.1, 0.15) is 0 Å². The molecule has 0 atom stereocenters. The first-order valence-electron chi connectivity index (χ1n) is 7.69. The SMILES string of the molecule is CCCn1cc(C)nc1Nc1cccc2c1CCCC2. The van der Waals surface area contributed by atoms with Crippen molar-refractivity contribution in [3.8, 4) is 0 Å². The highest BCUT2D eigenvalue weighted by molar-refractivity contribution is 5.61. The third-order valence-corrected chi connectivity index (χ3v) is 4.00. The number of fused-ring (bicyclic) bond motifs is 1.